The maximum atomic E-state index is 10.6. The van der Waals surface area contributed by atoms with Gasteiger partial charge in [-0.1, -0.05) is 13.3 Å². The van der Waals surface area contributed by atoms with Crippen LogP contribution >= 0.6 is 0 Å². The van der Waals surface area contributed by atoms with E-state index in [0.717, 1.165) is 24.9 Å². The zero-order valence-corrected chi connectivity index (χ0v) is 10.8. The fourth-order valence-corrected chi connectivity index (χ4v) is 1.27. The lowest BCUT2D eigenvalue weighted by atomic mass is 10.3. The van der Waals surface area contributed by atoms with Crippen LogP contribution in [0.3, 0.4) is 0 Å². The summed E-state index contributed by atoms with van der Waals surface area (Å²) in [6, 6.07) is -0.577. The van der Waals surface area contributed by atoms with Gasteiger partial charge in [0.2, 0.25) is 5.95 Å². The Kier molecular flexibility index (Phi) is 6.07. The van der Waals surface area contributed by atoms with Crippen LogP contribution in [0.5, 0.6) is 0 Å². The number of aliphatic carboxylic acids is 1. The molecule has 1 aromatic heterocycles. The molecule has 0 radical (unpaired) electrons. The minimum Gasteiger partial charge on any atom is -0.480 e. The van der Waals surface area contributed by atoms with Crippen LogP contribution in [0, 0.1) is 0 Å². The first kappa shape index (κ1) is 14.4. The average molecular weight is 252 g/mol. The Balaban J connectivity index is 2.38. The van der Waals surface area contributed by atoms with Crippen molar-refractivity contribution in [3.63, 3.8) is 0 Å². The summed E-state index contributed by atoms with van der Waals surface area (Å²) in [5.74, 6) is -0.257. The number of nitrogens with one attached hydrogen (secondary N) is 2. The third-order valence-electron chi connectivity index (χ3n) is 2.50. The minimum atomic E-state index is -0.867. The highest BCUT2D eigenvalue weighted by Crippen LogP contribution is 2.01. The normalized spacial score (nSPS) is 12.1. The van der Waals surface area contributed by atoms with E-state index in [1.807, 2.05) is 0 Å². The third kappa shape index (κ3) is 5.09. The van der Waals surface area contributed by atoms with Gasteiger partial charge in [0.15, 0.2) is 0 Å². The second-order valence-electron chi connectivity index (χ2n) is 4.14. The number of carboxylic acid groups (broad SMARTS) is 1. The van der Waals surface area contributed by atoms with Crippen LogP contribution < -0.4 is 10.6 Å². The van der Waals surface area contributed by atoms with Crippen molar-refractivity contribution < 1.29 is 9.90 Å². The predicted molar refractivity (Wildman–Crippen MR) is 69.4 cm³/mol. The number of carbonyl (C=O) groups is 1. The fourth-order valence-electron chi connectivity index (χ4n) is 1.27. The minimum absolute atomic E-state index is 0.447. The highest BCUT2D eigenvalue weighted by Gasteiger charge is 2.09. The maximum Gasteiger partial charge on any atom is 0.320 e. The summed E-state index contributed by atoms with van der Waals surface area (Å²) >= 11 is 0. The molecule has 0 aliphatic carbocycles. The largest absolute Gasteiger partial charge is 0.480 e. The Labute approximate surface area is 107 Å². The van der Waals surface area contributed by atoms with E-state index in [2.05, 4.69) is 27.5 Å². The van der Waals surface area contributed by atoms with Gasteiger partial charge in [0.1, 0.15) is 6.04 Å². The van der Waals surface area contributed by atoms with Crippen LogP contribution in [0.2, 0.25) is 0 Å². The molecular weight excluding hydrogens is 232 g/mol. The van der Waals surface area contributed by atoms with Gasteiger partial charge in [-0.25, -0.2) is 9.97 Å². The Morgan fingerprint density at radius 3 is 2.67 bits per heavy atom. The topological polar surface area (TPSA) is 87.1 Å². The van der Waals surface area contributed by atoms with E-state index in [1.54, 1.807) is 19.3 Å². The molecule has 0 saturated heterocycles. The van der Waals surface area contributed by atoms with Gasteiger partial charge in [0.25, 0.3) is 0 Å². The first-order chi connectivity index (χ1) is 8.63. The lowest BCUT2D eigenvalue weighted by Gasteiger charge is -2.09. The van der Waals surface area contributed by atoms with Crippen LogP contribution in [-0.4, -0.2) is 33.6 Å². The standard InChI is InChI=1S/C12H20N4O2/c1-3-4-5-13-12-15-7-10(8-16-12)6-14-9(2)11(17)18/h7-9,14H,3-6H2,1-2H3,(H,17,18)(H,13,15,16). The van der Waals surface area contributed by atoms with E-state index >= 15 is 0 Å². The summed E-state index contributed by atoms with van der Waals surface area (Å²) in [4.78, 5) is 18.9. The number of hydrogen-bond acceptors (Lipinski definition) is 5. The molecule has 0 saturated carbocycles. The molecule has 1 atom stereocenters. The van der Waals surface area contributed by atoms with Gasteiger partial charge in [-0.05, 0) is 13.3 Å². The maximum absolute atomic E-state index is 10.6. The Bertz CT molecular complexity index is 367. The van der Waals surface area contributed by atoms with E-state index in [4.69, 9.17) is 5.11 Å². The molecule has 6 heteroatoms. The number of unbranched alkanes of at least 4 members (excludes halogenated alkanes) is 1. The predicted octanol–water partition coefficient (Wildman–Crippen LogP) is 1.25. The van der Waals surface area contributed by atoms with Gasteiger partial charge in [-0.2, -0.15) is 0 Å². The summed E-state index contributed by atoms with van der Waals surface area (Å²) in [5.41, 5.74) is 0.865. The number of rotatable bonds is 8. The van der Waals surface area contributed by atoms with Crippen molar-refractivity contribution in [2.24, 2.45) is 0 Å². The fraction of sp³-hybridized carbons (Fsp3) is 0.583. The monoisotopic (exact) mass is 252 g/mol. The molecule has 0 fully saturated rings. The molecule has 1 rings (SSSR count). The van der Waals surface area contributed by atoms with Crippen LogP contribution in [0.25, 0.3) is 0 Å². The molecule has 6 nitrogen and oxygen atoms in total. The van der Waals surface area contributed by atoms with Crippen LogP contribution in [0.1, 0.15) is 32.3 Å². The first-order valence-corrected chi connectivity index (χ1v) is 6.14. The summed E-state index contributed by atoms with van der Waals surface area (Å²) in [6.45, 7) is 5.04. The van der Waals surface area contributed by atoms with Crippen LogP contribution in [0.15, 0.2) is 12.4 Å². The highest BCUT2D eigenvalue weighted by molar-refractivity contribution is 5.72. The molecule has 3 N–H and O–H groups in total. The van der Waals surface area contributed by atoms with Gasteiger partial charge in [0, 0.05) is 31.0 Å². The number of nitrogens with zero attached hydrogens (tertiary/aromatic N) is 2. The Morgan fingerprint density at radius 1 is 1.44 bits per heavy atom. The van der Waals surface area contributed by atoms with E-state index in [9.17, 15) is 4.79 Å². The molecule has 100 valence electrons. The molecule has 18 heavy (non-hydrogen) atoms. The van der Waals surface area contributed by atoms with E-state index in [0.29, 0.717) is 12.5 Å². The van der Waals surface area contributed by atoms with E-state index in [-0.39, 0.29) is 0 Å². The van der Waals surface area contributed by atoms with Crippen LogP contribution in [0.4, 0.5) is 5.95 Å². The second kappa shape index (κ2) is 7.60. The summed E-state index contributed by atoms with van der Waals surface area (Å²) < 4.78 is 0. The molecular formula is C12H20N4O2. The zero-order chi connectivity index (χ0) is 13.4. The number of aromatic nitrogens is 2. The molecule has 0 aromatic carbocycles. The highest BCUT2D eigenvalue weighted by atomic mass is 16.4. The van der Waals surface area contributed by atoms with Gasteiger partial charge < -0.3 is 15.7 Å². The molecule has 0 bridgehead atoms. The van der Waals surface area contributed by atoms with E-state index < -0.39 is 12.0 Å². The van der Waals surface area contributed by atoms with Crippen molar-refractivity contribution in [1.29, 1.82) is 0 Å². The Hall–Kier alpha value is -1.69. The molecule has 0 aliphatic rings. The first-order valence-electron chi connectivity index (χ1n) is 6.14. The molecule has 1 aromatic rings. The SMILES string of the molecule is CCCCNc1ncc(CNC(C)C(=O)O)cn1. The van der Waals surface area contributed by atoms with Crippen LogP contribution in [-0.2, 0) is 11.3 Å². The van der Waals surface area contributed by atoms with Crippen molar-refractivity contribution in [3.8, 4) is 0 Å². The van der Waals surface area contributed by atoms with Crippen molar-refractivity contribution in [2.75, 3.05) is 11.9 Å². The quantitative estimate of drug-likeness (QED) is 0.604. The zero-order valence-electron chi connectivity index (χ0n) is 10.8. The third-order valence-corrected chi connectivity index (χ3v) is 2.50. The van der Waals surface area contributed by atoms with Gasteiger partial charge in [-0.15, -0.1) is 0 Å². The van der Waals surface area contributed by atoms with Crippen molar-refractivity contribution >= 4 is 11.9 Å². The summed E-state index contributed by atoms with van der Waals surface area (Å²) in [6.07, 6.45) is 5.61. The number of hydrogen-bond donors (Lipinski definition) is 3. The lowest BCUT2D eigenvalue weighted by Crippen LogP contribution is -2.33. The molecule has 0 aliphatic heterocycles. The van der Waals surface area contributed by atoms with Crippen molar-refractivity contribution in [1.82, 2.24) is 15.3 Å². The molecule has 0 spiro atoms. The number of anilines is 1. The smallest absolute Gasteiger partial charge is 0.320 e. The van der Waals surface area contributed by atoms with Gasteiger partial charge in [0.05, 0.1) is 0 Å². The number of carboxylic acids is 1. The molecule has 1 heterocycles. The van der Waals surface area contributed by atoms with Crippen molar-refractivity contribution in [2.45, 2.75) is 39.3 Å². The van der Waals surface area contributed by atoms with Gasteiger partial charge in [-0.3, -0.25) is 4.79 Å². The summed E-state index contributed by atoms with van der Waals surface area (Å²) in [7, 11) is 0. The van der Waals surface area contributed by atoms with Gasteiger partial charge >= 0.3 is 5.97 Å². The second-order valence-corrected chi connectivity index (χ2v) is 4.14. The van der Waals surface area contributed by atoms with Crippen molar-refractivity contribution in [3.05, 3.63) is 18.0 Å². The molecule has 1 unspecified atom stereocenters. The lowest BCUT2D eigenvalue weighted by molar-refractivity contribution is -0.139. The molecule has 0 amide bonds. The van der Waals surface area contributed by atoms with E-state index in [1.165, 1.54) is 0 Å². The summed E-state index contributed by atoms with van der Waals surface area (Å²) in [5, 5.41) is 14.7. The average Bonchev–Trinajstić information content (AvgIpc) is 2.37. The Morgan fingerprint density at radius 2 is 2.11 bits per heavy atom.